The van der Waals surface area contributed by atoms with Gasteiger partial charge < -0.3 is 16.2 Å². The quantitative estimate of drug-likeness (QED) is 0.668. The normalized spacial score (nSPS) is 11.0. The molecular weight excluding hydrogens is 358 g/mol. The van der Waals surface area contributed by atoms with E-state index in [4.69, 9.17) is 16.2 Å². The van der Waals surface area contributed by atoms with E-state index in [0.29, 0.717) is 12.2 Å². The molecular formula is C17H19N3O5S. The lowest BCUT2D eigenvalue weighted by Gasteiger charge is -2.13. The molecule has 2 aromatic carbocycles. The number of benzene rings is 2. The van der Waals surface area contributed by atoms with Crippen molar-refractivity contribution >= 4 is 27.5 Å². The van der Waals surface area contributed by atoms with Crippen LogP contribution >= 0.6 is 0 Å². The molecule has 0 radical (unpaired) electrons. The highest BCUT2D eigenvalue weighted by Gasteiger charge is 2.20. The molecule has 0 bridgehead atoms. The molecule has 0 aliphatic carbocycles. The Balaban J connectivity index is 2.45. The molecule has 0 aromatic heterocycles. The molecule has 0 fully saturated rings. The molecule has 2 aromatic rings. The third-order valence-electron chi connectivity index (χ3n) is 3.59. The molecule has 5 N–H and O–H groups in total. The number of amides is 2. The number of ether oxygens (including phenoxy) is 1. The van der Waals surface area contributed by atoms with Crippen molar-refractivity contribution in [2.75, 3.05) is 11.3 Å². The number of aryl methyl sites for hydroxylation is 1. The van der Waals surface area contributed by atoms with Gasteiger partial charge in [-0.2, -0.15) is 0 Å². The summed E-state index contributed by atoms with van der Waals surface area (Å²) in [5, 5.41) is 0. The number of nitrogens with one attached hydrogen (secondary N) is 1. The zero-order valence-electron chi connectivity index (χ0n) is 14.3. The van der Waals surface area contributed by atoms with Crippen LogP contribution in [-0.2, 0) is 10.0 Å². The first-order valence-electron chi connectivity index (χ1n) is 7.65. The molecule has 9 heteroatoms. The Hall–Kier alpha value is -3.07. The monoisotopic (exact) mass is 377 g/mol. The second-order valence-corrected chi connectivity index (χ2v) is 7.14. The van der Waals surface area contributed by atoms with Crippen LogP contribution in [0.4, 0.5) is 5.69 Å². The number of primary amides is 2. The van der Waals surface area contributed by atoms with E-state index in [1.165, 1.54) is 24.3 Å². The standard InChI is InChI=1S/C17H19N3O5S/c1-3-25-15-7-6-12(9-13(15)17(19)22)26(23,24)20-14-8-11(16(18)21)5-4-10(14)2/h4-9,20H,3H2,1-2H3,(H2,18,21)(H2,19,22). The van der Waals surface area contributed by atoms with Gasteiger partial charge >= 0.3 is 0 Å². The molecule has 8 nitrogen and oxygen atoms in total. The Kier molecular flexibility index (Phi) is 5.51. The number of hydrogen-bond acceptors (Lipinski definition) is 5. The summed E-state index contributed by atoms with van der Waals surface area (Å²) >= 11 is 0. The molecule has 0 unspecified atom stereocenters. The fraction of sp³-hybridized carbons (Fsp3) is 0.176. The predicted molar refractivity (Wildman–Crippen MR) is 96.6 cm³/mol. The number of carbonyl (C=O) groups is 2. The summed E-state index contributed by atoms with van der Waals surface area (Å²) in [6.07, 6.45) is 0. The average Bonchev–Trinajstić information content (AvgIpc) is 2.56. The number of nitrogens with two attached hydrogens (primary N) is 2. The van der Waals surface area contributed by atoms with E-state index in [-0.39, 0.29) is 27.5 Å². The molecule has 26 heavy (non-hydrogen) atoms. The maximum atomic E-state index is 12.7. The minimum atomic E-state index is -4.03. The zero-order chi connectivity index (χ0) is 19.5. The molecule has 0 saturated heterocycles. The highest BCUT2D eigenvalue weighted by atomic mass is 32.2. The molecule has 0 spiro atoms. The first-order valence-corrected chi connectivity index (χ1v) is 9.14. The largest absolute Gasteiger partial charge is 0.493 e. The van der Waals surface area contributed by atoms with Gasteiger partial charge in [-0.05, 0) is 49.7 Å². The van der Waals surface area contributed by atoms with E-state index in [2.05, 4.69) is 4.72 Å². The molecule has 0 atom stereocenters. The minimum absolute atomic E-state index is 0.0441. The van der Waals surface area contributed by atoms with Gasteiger partial charge in [-0.25, -0.2) is 8.42 Å². The summed E-state index contributed by atoms with van der Waals surface area (Å²) in [5.41, 5.74) is 11.4. The van der Waals surface area contributed by atoms with Crippen LogP contribution in [0.1, 0.15) is 33.2 Å². The van der Waals surface area contributed by atoms with Gasteiger partial charge in [0.15, 0.2) is 0 Å². The van der Waals surface area contributed by atoms with Crippen molar-refractivity contribution in [3.63, 3.8) is 0 Å². The number of hydrogen-bond donors (Lipinski definition) is 3. The Bertz CT molecular complexity index is 970. The fourth-order valence-electron chi connectivity index (χ4n) is 2.24. The second kappa shape index (κ2) is 7.44. The van der Waals surface area contributed by atoms with E-state index in [1.807, 2.05) is 0 Å². The maximum Gasteiger partial charge on any atom is 0.261 e. The van der Waals surface area contributed by atoms with Crippen molar-refractivity contribution in [3.8, 4) is 5.75 Å². The highest BCUT2D eigenvalue weighted by molar-refractivity contribution is 7.92. The summed E-state index contributed by atoms with van der Waals surface area (Å²) < 4.78 is 33.0. The van der Waals surface area contributed by atoms with Crippen LogP contribution in [0.25, 0.3) is 0 Å². The van der Waals surface area contributed by atoms with Crippen LogP contribution in [0.15, 0.2) is 41.3 Å². The van der Waals surface area contributed by atoms with Crippen molar-refractivity contribution in [2.45, 2.75) is 18.7 Å². The summed E-state index contributed by atoms with van der Waals surface area (Å²) in [6, 6.07) is 8.22. The first kappa shape index (κ1) is 19.3. The van der Waals surface area contributed by atoms with Crippen LogP contribution in [-0.4, -0.2) is 26.8 Å². The van der Waals surface area contributed by atoms with Crippen LogP contribution in [0.2, 0.25) is 0 Å². The molecule has 0 saturated carbocycles. The van der Waals surface area contributed by atoms with Crippen molar-refractivity contribution < 1.29 is 22.7 Å². The Morgan fingerprint density at radius 3 is 2.35 bits per heavy atom. The van der Waals surface area contributed by atoms with E-state index < -0.39 is 21.8 Å². The van der Waals surface area contributed by atoms with Crippen molar-refractivity contribution in [2.24, 2.45) is 11.5 Å². The van der Waals surface area contributed by atoms with E-state index in [9.17, 15) is 18.0 Å². The topological polar surface area (TPSA) is 142 Å². The average molecular weight is 377 g/mol. The van der Waals surface area contributed by atoms with Gasteiger partial charge in [-0.15, -0.1) is 0 Å². The minimum Gasteiger partial charge on any atom is -0.493 e. The van der Waals surface area contributed by atoms with E-state index >= 15 is 0 Å². The van der Waals surface area contributed by atoms with Crippen LogP contribution in [0, 0.1) is 6.92 Å². The second-order valence-electron chi connectivity index (χ2n) is 5.45. The van der Waals surface area contributed by atoms with Crippen LogP contribution in [0.5, 0.6) is 5.75 Å². The molecule has 2 amide bonds. The van der Waals surface area contributed by atoms with Gasteiger partial charge in [0.05, 0.1) is 22.8 Å². The maximum absolute atomic E-state index is 12.7. The van der Waals surface area contributed by atoms with Gasteiger partial charge in [0.1, 0.15) is 5.75 Å². The number of rotatable bonds is 7. The molecule has 0 aliphatic heterocycles. The lowest BCUT2D eigenvalue weighted by Crippen LogP contribution is -2.18. The Labute approximate surface area is 151 Å². The van der Waals surface area contributed by atoms with Crippen molar-refractivity contribution in [1.82, 2.24) is 0 Å². The van der Waals surface area contributed by atoms with Crippen LogP contribution in [0.3, 0.4) is 0 Å². The lowest BCUT2D eigenvalue weighted by atomic mass is 10.1. The number of carbonyl (C=O) groups excluding carboxylic acids is 2. The molecule has 0 heterocycles. The summed E-state index contributed by atoms with van der Waals surface area (Å²) in [5.74, 6) is -1.29. The van der Waals surface area contributed by atoms with Gasteiger partial charge in [0.25, 0.3) is 15.9 Å². The van der Waals surface area contributed by atoms with Gasteiger partial charge in [0, 0.05) is 5.56 Å². The molecule has 138 valence electrons. The Morgan fingerprint density at radius 1 is 1.08 bits per heavy atom. The fourth-order valence-corrected chi connectivity index (χ4v) is 3.39. The SMILES string of the molecule is CCOc1ccc(S(=O)(=O)Nc2cc(C(N)=O)ccc2C)cc1C(N)=O. The van der Waals surface area contributed by atoms with Crippen molar-refractivity contribution in [3.05, 3.63) is 53.1 Å². The Morgan fingerprint density at radius 2 is 1.77 bits per heavy atom. The van der Waals surface area contributed by atoms with Crippen LogP contribution < -0.4 is 20.9 Å². The van der Waals surface area contributed by atoms with E-state index in [0.717, 1.165) is 6.07 Å². The summed E-state index contributed by atoms with van der Waals surface area (Å²) in [7, 11) is -4.03. The summed E-state index contributed by atoms with van der Waals surface area (Å²) in [4.78, 5) is 22.7. The predicted octanol–water partition coefficient (Wildman–Crippen LogP) is 1.39. The third kappa shape index (κ3) is 4.12. The van der Waals surface area contributed by atoms with Gasteiger partial charge in [-0.3, -0.25) is 14.3 Å². The first-order chi connectivity index (χ1) is 12.2. The van der Waals surface area contributed by atoms with E-state index in [1.54, 1.807) is 19.9 Å². The molecule has 0 aliphatic rings. The number of anilines is 1. The van der Waals surface area contributed by atoms with Gasteiger partial charge in [0.2, 0.25) is 5.91 Å². The van der Waals surface area contributed by atoms with Crippen molar-refractivity contribution in [1.29, 1.82) is 0 Å². The molecule has 2 rings (SSSR count). The summed E-state index contributed by atoms with van der Waals surface area (Å²) in [6.45, 7) is 3.70. The number of sulfonamides is 1. The third-order valence-corrected chi connectivity index (χ3v) is 4.96. The lowest BCUT2D eigenvalue weighted by molar-refractivity contribution is 0.0989. The zero-order valence-corrected chi connectivity index (χ0v) is 15.1. The highest BCUT2D eigenvalue weighted by Crippen LogP contribution is 2.25. The smallest absolute Gasteiger partial charge is 0.261 e. The van der Waals surface area contributed by atoms with Gasteiger partial charge in [-0.1, -0.05) is 6.07 Å².